The quantitative estimate of drug-likeness (QED) is 0.129. The van der Waals surface area contributed by atoms with Gasteiger partial charge < -0.3 is 9.13 Å². The lowest BCUT2D eigenvalue weighted by atomic mass is 9.67. The highest BCUT2D eigenvalue weighted by Crippen LogP contribution is 2.56. The molecular weight excluding hydrogens is 1050 g/mol. The van der Waals surface area contributed by atoms with Crippen LogP contribution in [-0.4, -0.2) is 9.13 Å². The van der Waals surface area contributed by atoms with Gasteiger partial charge in [0.15, 0.2) is 0 Å². The Morgan fingerprint density at radius 3 is 0.977 bits per heavy atom. The number of nitrogens with zero attached hydrogens (tertiary/aromatic N) is 2. The lowest BCUT2D eigenvalue weighted by Gasteiger charge is -2.34. The van der Waals surface area contributed by atoms with Crippen molar-refractivity contribution in [3.05, 3.63) is 362 Å². The molecular formula is C85H56N2. The number of rotatable bonds is 10. The summed E-state index contributed by atoms with van der Waals surface area (Å²) in [5.74, 6) is 0. The predicted molar refractivity (Wildman–Crippen MR) is 365 cm³/mol. The van der Waals surface area contributed by atoms with Gasteiger partial charge in [0.25, 0.3) is 0 Å². The van der Waals surface area contributed by atoms with Crippen LogP contribution in [0.4, 0.5) is 0 Å². The van der Waals surface area contributed by atoms with Crippen LogP contribution in [0.15, 0.2) is 340 Å². The number of para-hydroxylation sites is 2. The van der Waals surface area contributed by atoms with Gasteiger partial charge in [0.05, 0.1) is 27.5 Å². The molecule has 2 aromatic heterocycles. The van der Waals surface area contributed by atoms with Crippen molar-refractivity contribution < 1.29 is 0 Å². The van der Waals surface area contributed by atoms with E-state index in [0.29, 0.717) is 0 Å². The average molecular weight is 1110 g/mol. The minimum absolute atomic E-state index is 0.410. The minimum Gasteiger partial charge on any atom is -0.309 e. The van der Waals surface area contributed by atoms with Gasteiger partial charge in [0.1, 0.15) is 0 Å². The van der Waals surface area contributed by atoms with E-state index in [0.717, 1.165) is 11.4 Å². The first-order valence-corrected chi connectivity index (χ1v) is 30.1. The van der Waals surface area contributed by atoms with E-state index >= 15 is 0 Å². The van der Waals surface area contributed by atoms with E-state index in [1.807, 2.05) is 0 Å². The van der Waals surface area contributed by atoms with Gasteiger partial charge in [-0.3, -0.25) is 0 Å². The topological polar surface area (TPSA) is 9.86 Å². The first kappa shape index (κ1) is 50.2. The third-order valence-corrected chi connectivity index (χ3v) is 18.4. The maximum Gasteiger partial charge on any atom is 0.0713 e. The number of benzene rings is 14. The molecule has 0 saturated carbocycles. The molecule has 0 N–H and O–H groups in total. The molecule has 0 spiro atoms. The Bertz CT molecular complexity index is 5250. The zero-order valence-electron chi connectivity index (χ0n) is 47.7. The number of fused-ring (bicyclic) bond motifs is 9. The van der Waals surface area contributed by atoms with Crippen LogP contribution in [0, 0.1) is 0 Å². The summed E-state index contributed by atoms with van der Waals surface area (Å²) in [5, 5.41) is 4.95. The van der Waals surface area contributed by atoms with E-state index in [1.54, 1.807) is 0 Å². The predicted octanol–water partition coefficient (Wildman–Crippen LogP) is 22.2. The minimum atomic E-state index is -0.410. The summed E-state index contributed by atoms with van der Waals surface area (Å²) in [5.41, 5.74) is 28.8. The summed E-state index contributed by atoms with van der Waals surface area (Å²) >= 11 is 0. The molecule has 2 heteroatoms. The van der Waals surface area contributed by atoms with Crippen LogP contribution >= 0.6 is 0 Å². The van der Waals surface area contributed by atoms with E-state index in [2.05, 4.69) is 349 Å². The normalized spacial score (nSPS) is 12.5. The lowest BCUT2D eigenvalue weighted by Crippen LogP contribution is -2.28. The average Bonchev–Trinajstić information content (AvgIpc) is 1.64. The van der Waals surface area contributed by atoms with Crippen LogP contribution in [-0.2, 0) is 5.41 Å². The molecule has 0 amide bonds. The van der Waals surface area contributed by atoms with E-state index in [-0.39, 0.29) is 0 Å². The maximum absolute atomic E-state index is 2.43. The molecule has 16 aromatic rings. The highest BCUT2D eigenvalue weighted by atomic mass is 15.0. The van der Waals surface area contributed by atoms with Gasteiger partial charge in [0.2, 0.25) is 0 Å². The van der Waals surface area contributed by atoms with Gasteiger partial charge in [-0.05, 0) is 167 Å². The second-order valence-electron chi connectivity index (χ2n) is 23.2. The third kappa shape index (κ3) is 8.25. The van der Waals surface area contributed by atoms with Gasteiger partial charge in [-0.1, -0.05) is 273 Å². The highest BCUT2D eigenvalue weighted by molar-refractivity contribution is 6.13. The number of hydrogen-bond donors (Lipinski definition) is 0. The monoisotopic (exact) mass is 1100 g/mol. The molecule has 1 aliphatic carbocycles. The van der Waals surface area contributed by atoms with Gasteiger partial charge in [-0.2, -0.15) is 0 Å². The zero-order chi connectivity index (χ0) is 57.4. The van der Waals surface area contributed by atoms with Crippen molar-refractivity contribution in [3.8, 4) is 89.3 Å². The second-order valence-corrected chi connectivity index (χ2v) is 23.2. The fourth-order valence-corrected chi connectivity index (χ4v) is 14.4. The Balaban J connectivity index is 0.637. The number of aromatic nitrogens is 2. The summed E-state index contributed by atoms with van der Waals surface area (Å²) in [6, 6.07) is 125. The van der Waals surface area contributed by atoms with Gasteiger partial charge >= 0.3 is 0 Å². The van der Waals surface area contributed by atoms with E-state index in [1.165, 1.54) is 144 Å². The number of hydrogen-bond acceptors (Lipinski definition) is 0. The van der Waals surface area contributed by atoms with E-state index < -0.39 is 5.41 Å². The largest absolute Gasteiger partial charge is 0.309 e. The standard InChI is InChI=1S/C85H56N2/c1-3-18-57(19-4-1)65-22-16-26-71(53-65)86-81-34-13-9-30-75(81)77-55-67(46-50-83(77)86)68-47-51-84-78(56-68)76-31-10-14-35-82(76)87(84)72-27-17-23-66(54-72)61-42-38-59(39-43-61)58-36-40-60(41-37-58)63-20-15-21-64(52-63)62-44-48-70(49-45-62)85(69-24-5-2-6-25-69)79-32-11-7-28-73(79)74-29-8-12-33-80(74)85/h1-56H. The van der Waals surface area contributed by atoms with E-state index in [9.17, 15) is 0 Å². The molecule has 0 aliphatic heterocycles. The van der Waals surface area contributed by atoms with Crippen LogP contribution in [0.5, 0.6) is 0 Å². The summed E-state index contributed by atoms with van der Waals surface area (Å²) in [6.07, 6.45) is 0. The summed E-state index contributed by atoms with van der Waals surface area (Å²) in [7, 11) is 0. The smallest absolute Gasteiger partial charge is 0.0713 e. The van der Waals surface area contributed by atoms with Crippen molar-refractivity contribution in [1.29, 1.82) is 0 Å². The Hall–Kier alpha value is -11.3. The van der Waals surface area contributed by atoms with Gasteiger partial charge in [-0.25, -0.2) is 0 Å². The molecule has 2 heterocycles. The van der Waals surface area contributed by atoms with Gasteiger partial charge in [0, 0.05) is 32.9 Å². The Morgan fingerprint density at radius 1 is 0.184 bits per heavy atom. The van der Waals surface area contributed by atoms with E-state index in [4.69, 9.17) is 0 Å². The van der Waals surface area contributed by atoms with Crippen molar-refractivity contribution in [1.82, 2.24) is 9.13 Å². The molecule has 17 rings (SSSR count). The zero-order valence-corrected chi connectivity index (χ0v) is 47.7. The Kier molecular flexibility index (Phi) is 11.8. The van der Waals surface area contributed by atoms with Crippen molar-refractivity contribution in [2.24, 2.45) is 0 Å². The molecule has 0 fully saturated rings. The fourth-order valence-electron chi connectivity index (χ4n) is 14.4. The fraction of sp³-hybridized carbons (Fsp3) is 0.0118. The summed E-state index contributed by atoms with van der Waals surface area (Å²) in [4.78, 5) is 0. The molecule has 1 aliphatic rings. The molecule has 0 saturated heterocycles. The molecule has 2 nitrogen and oxygen atoms in total. The summed E-state index contributed by atoms with van der Waals surface area (Å²) < 4.78 is 4.84. The van der Waals surface area contributed by atoms with Crippen LogP contribution in [0.1, 0.15) is 22.3 Å². The van der Waals surface area contributed by atoms with Crippen molar-refractivity contribution in [2.75, 3.05) is 0 Å². The Labute approximate surface area is 506 Å². The van der Waals surface area contributed by atoms with Crippen LogP contribution in [0.3, 0.4) is 0 Å². The molecule has 0 bridgehead atoms. The van der Waals surface area contributed by atoms with Gasteiger partial charge in [-0.15, -0.1) is 0 Å². The van der Waals surface area contributed by atoms with Crippen molar-refractivity contribution in [3.63, 3.8) is 0 Å². The molecule has 406 valence electrons. The van der Waals surface area contributed by atoms with Crippen molar-refractivity contribution in [2.45, 2.75) is 5.41 Å². The first-order valence-electron chi connectivity index (χ1n) is 30.1. The molecule has 87 heavy (non-hydrogen) atoms. The molecule has 0 atom stereocenters. The SMILES string of the molecule is c1ccc(-c2cccc(-n3c4ccccc4c4cc(-c5ccc6c(c5)c5ccccc5n6-c5cccc(-c6ccc(-c7ccc(-c8cccc(-c9ccc(C%10(c%11ccccc%11)c%11ccccc%11-c%11ccccc%11%10)cc9)c8)cc7)cc6)c5)ccc43)c2)cc1. The lowest BCUT2D eigenvalue weighted by molar-refractivity contribution is 0.768. The first-order chi connectivity index (χ1) is 43.1. The molecule has 0 radical (unpaired) electrons. The Morgan fingerprint density at radius 2 is 0.494 bits per heavy atom. The highest BCUT2D eigenvalue weighted by Gasteiger charge is 2.45. The molecule has 14 aromatic carbocycles. The van der Waals surface area contributed by atoms with Crippen LogP contribution < -0.4 is 0 Å². The second kappa shape index (κ2) is 20.5. The molecule has 0 unspecified atom stereocenters. The van der Waals surface area contributed by atoms with Crippen LogP contribution in [0.25, 0.3) is 133 Å². The summed E-state index contributed by atoms with van der Waals surface area (Å²) in [6.45, 7) is 0. The third-order valence-electron chi connectivity index (χ3n) is 18.4. The maximum atomic E-state index is 2.43. The van der Waals surface area contributed by atoms with Crippen LogP contribution in [0.2, 0.25) is 0 Å². The van der Waals surface area contributed by atoms with Crippen molar-refractivity contribution >= 4 is 43.6 Å².